The topological polar surface area (TPSA) is 53.6 Å². The summed E-state index contributed by atoms with van der Waals surface area (Å²) in [6.07, 6.45) is 9.09. The molecule has 1 aliphatic heterocycles. The van der Waals surface area contributed by atoms with Gasteiger partial charge in [-0.25, -0.2) is 4.79 Å². The molecule has 5 fully saturated rings. The molecular weight excluding hydrogens is 326 g/mol. The summed E-state index contributed by atoms with van der Waals surface area (Å²) in [5.74, 6) is 0.833. The van der Waals surface area contributed by atoms with E-state index in [1.54, 1.807) is 0 Å². The van der Waals surface area contributed by atoms with Crippen LogP contribution >= 0.6 is 0 Å². The first-order valence-electron chi connectivity index (χ1n) is 10.2. The van der Waals surface area contributed by atoms with E-state index in [9.17, 15) is 4.79 Å². The van der Waals surface area contributed by atoms with Gasteiger partial charge >= 0.3 is 6.03 Å². The fraction of sp³-hybridized carbons (Fsp3) is 0.667. The Balaban J connectivity index is 1.18. The maximum Gasteiger partial charge on any atom is 0.319 e. The maximum absolute atomic E-state index is 12.6. The van der Waals surface area contributed by atoms with Crippen LogP contribution in [0.5, 0.6) is 0 Å². The van der Waals surface area contributed by atoms with Gasteiger partial charge < -0.3 is 20.3 Å². The van der Waals surface area contributed by atoms with Crippen LogP contribution in [-0.2, 0) is 4.74 Å². The third-order valence-electron chi connectivity index (χ3n) is 7.03. The van der Waals surface area contributed by atoms with Crippen LogP contribution in [0.2, 0.25) is 0 Å². The van der Waals surface area contributed by atoms with Gasteiger partial charge in [-0.3, -0.25) is 0 Å². The molecule has 1 unspecified atom stereocenters. The van der Waals surface area contributed by atoms with Crippen molar-refractivity contribution in [3.63, 3.8) is 0 Å². The maximum atomic E-state index is 12.6. The molecule has 6 rings (SSSR count). The SMILES string of the molecule is O=C(Nc1ccc(N2CCOCC2)cc1)NC12CC3CCCC(C3)(C1)C2. The molecule has 1 atom stereocenters. The summed E-state index contributed by atoms with van der Waals surface area (Å²) in [7, 11) is 0. The van der Waals surface area contributed by atoms with Crippen LogP contribution in [0.15, 0.2) is 24.3 Å². The number of urea groups is 1. The molecule has 0 radical (unpaired) electrons. The van der Waals surface area contributed by atoms with Crippen LogP contribution in [0.1, 0.15) is 44.9 Å². The lowest BCUT2D eigenvalue weighted by Gasteiger charge is -2.65. The first-order valence-corrected chi connectivity index (χ1v) is 10.2. The van der Waals surface area contributed by atoms with Crippen LogP contribution < -0.4 is 15.5 Å². The molecular formula is C21H29N3O2. The monoisotopic (exact) mass is 355 g/mol. The number of morpholine rings is 1. The number of hydrogen-bond donors (Lipinski definition) is 2. The highest BCUT2D eigenvalue weighted by Gasteiger charge is 2.61. The summed E-state index contributed by atoms with van der Waals surface area (Å²) in [6, 6.07) is 8.13. The van der Waals surface area contributed by atoms with Gasteiger partial charge in [0.15, 0.2) is 0 Å². The van der Waals surface area contributed by atoms with Gasteiger partial charge in [-0.15, -0.1) is 0 Å². The summed E-state index contributed by atoms with van der Waals surface area (Å²) < 4.78 is 5.40. The van der Waals surface area contributed by atoms with Crippen LogP contribution in [-0.4, -0.2) is 37.9 Å². The lowest BCUT2D eigenvalue weighted by Crippen LogP contribution is -2.67. The Morgan fingerprint density at radius 2 is 1.88 bits per heavy atom. The molecule has 5 aliphatic rings. The molecule has 5 nitrogen and oxygen atoms in total. The smallest absolute Gasteiger partial charge is 0.319 e. The molecule has 3 bridgehead atoms. The Morgan fingerprint density at radius 3 is 2.62 bits per heavy atom. The average Bonchev–Trinajstić information content (AvgIpc) is 2.61. The molecule has 1 heterocycles. The van der Waals surface area contributed by atoms with Gasteiger partial charge in [-0.1, -0.05) is 12.8 Å². The van der Waals surface area contributed by atoms with E-state index in [2.05, 4.69) is 27.7 Å². The molecule has 1 aromatic carbocycles. The molecule has 1 saturated heterocycles. The Bertz CT molecular complexity index is 669. The van der Waals surface area contributed by atoms with E-state index in [-0.39, 0.29) is 11.6 Å². The second-order valence-electron chi connectivity index (χ2n) is 9.03. The van der Waals surface area contributed by atoms with Crippen molar-refractivity contribution in [3.8, 4) is 0 Å². The molecule has 2 N–H and O–H groups in total. The zero-order chi connectivity index (χ0) is 17.6. The Morgan fingerprint density at radius 1 is 1.12 bits per heavy atom. The Kier molecular flexibility index (Phi) is 3.89. The minimum atomic E-state index is -0.0426. The van der Waals surface area contributed by atoms with Crippen LogP contribution in [0.25, 0.3) is 0 Å². The number of amides is 2. The highest BCUT2D eigenvalue weighted by molar-refractivity contribution is 5.90. The molecule has 2 amide bonds. The van der Waals surface area contributed by atoms with Crippen molar-refractivity contribution in [3.05, 3.63) is 24.3 Å². The summed E-state index contributed by atoms with van der Waals surface area (Å²) in [6.45, 7) is 3.43. The van der Waals surface area contributed by atoms with E-state index in [0.29, 0.717) is 5.41 Å². The lowest BCUT2D eigenvalue weighted by molar-refractivity contribution is -0.102. The minimum absolute atomic E-state index is 0.0426. The Labute approximate surface area is 155 Å². The molecule has 1 aromatic rings. The number of anilines is 2. The third kappa shape index (κ3) is 2.96. The first-order chi connectivity index (χ1) is 12.6. The van der Waals surface area contributed by atoms with Crippen molar-refractivity contribution in [2.24, 2.45) is 11.3 Å². The van der Waals surface area contributed by atoms with E-state index >= 15 is 0 Å². The highest BCUT2D eigenvalue weighted by atomic mass is 16.5. The van der Waals surface area contributed by atoms with E-state index in [1.165, 1.54) is 50.6 Å². The van der Waals surface area contributed by atoms with E-state index < -0.39 is 0 Å². The van der Waals surface area contributed by atoms with Crippen molar-refractivity contribution < 1.29 is 9.53 Å². The second kappa shape index (κ2) is 6.15. The predicted octanol–water partition coefficient (Wildman–Crippen LogP) is 3.76. The van der Waals surface area contributed by atoms with E-state index in [4.69, 9.17) is 4.74 Å². The number of ether oxygens (including phenoxy) is 1. The van der Waals surface area contributed by atoms with Crippen LogP contribution in [0, 0.1) is 11.3 Å². The van der Waals surface area contributed by atoms with Crippen molar-refractivity contribution in [1.29, 1.82) is 0 Å². The zero-order valence-corrected chi connectivity index (χ0v) is 15.4. The zero-order valence-electron chi connectivity index (χ0n) is 15.4. The van der Waals surface area contributed by atoms with Gasteiger partial charge in [0.25, 0.3) is 0 Å². The highest BCUT2D eigenvalue weighted by Crippen LogP contribution is 2.65. The van der Waals surface area contributed by atoms with Gasteiger partial charge in [0.2, 0.25) is 0 Å². The number of nitrogens with one attached hydrogen (secondary N) is 2. The quantitative estimate of drug-likeness (QED) is 0.868. The normalized spacial score (nSPS) is 35.4. The standard InChI is InChI=1S/C21H29N3O2/c25-19(23-21-13-16-2-1-7-20(12-16,14-21)15-21)22-17-3-5-18(6-4-17)24-8-10-26-11-9-24/h3-6,16H,1-2,7-15H2,(H2,22,23,25). The minimum Gasteiger partial charge on any atom is -0.378 e. The van der Waals surface area contributed by atoms with E-state index in [0.717, 1.165) is 37.9 Å². The van der Waals surface area contributed by atoms with E-state index in [1.807, 2.05) is 12.1 Å². The molecule has 1 spiro atoms. The molecule has 140 valence electrons. The largest absolute Gasteiger partial charge is 0.378 e. The summed E-state index contributed by atoms with van der Waals surface area (Å²) in [4.78, 5) is 14.9. The fourth-order valence-electron chi connectivity index (χ4n) is 6.28. The predicted molar refractivity (Wildman–Crippen MR) is 103 cm³/mol. The van der Waals surface area contributed by atoms with Gasteiger partial charge in [-0.2, -0.15) is 0 Å². The molecule has 0 aromatic heterocycles. The van der Waals surface area contributed by atoms with Gasteiger partial charge in [-0.05, 0) is 67.7 Å². The summed E-state index contributed by atoms with van der Waals surface area (Å²) >= 11 is 0. The number of hydrogen-bond acceptors (Lipinski definition) is 3. The van der Waals surface area contributed by atoms with Crippen LogP contribution in [0.4, 0.5) is 16.2 Å². The van der Waals surface area contributed by atoms with Crippen molar-refractivity contribution in [1.82, 2.24) is 5.32 Å². The molecule has 4 aliphatic carbocycles. The van der Waals surface area contributed by atoms with Crippen LogP contribution in [0.3, 0.4) is 0 Å². The second-order valence-corrected chi connectivity index (χ2v) is 9.03. The first kappa shape index (κ1) is 16.4. The van der Waals surface area contributed by atoms with Crippen molar-refractivity contribution in [2.45, 2.75) is 50.5 Å². The van der Waals surface area contributed by atoms with Crippen molar-refractivity contribution >= 4 is 17.4 Å². The van der Waals surface area contributed by atoms with Gasteiger partial charge in [0.05, 0.1) is 13.2 Å². The summed E-state index contributed by atoms with van der Waals surface area (Å²) in [5, 5.41) is 6.37. The number of nitrogens with zero attached hydrogens (tertiary/aromatic N) is 1. The van der Waals surface area contributed by atoms with Gasteiger partial charge in [0, 0.05) is 30.0 Å². The number of carbonyl (C=O) groups excluding carboxylic acids is 1. The molecule has 5 heteroatoms. The fourth-order valence-corrected chi connectivity index (χ4v) is 6.28. The lowest BCUT2D eigenvalue weighted by atomic mass is 9.43. The average molecular weight is 355 g/mol. The molecule has 26 heavy (non-hydrogen) atoms. The van der Waals surface area contributed by atoms with Crippen molar-refractivity contribution in [2.75, 3.05) is 36.5 Å². The number of carbonyl (C=O) groups is 1. The van der Waals surface area contributed by atoms with Gasteiger partial charge in [0.1, 0.15) is 0 Å². The third-order valence-corrected chi connectivity index (χ3v) is 7.03. The number of rotatable bonds is 3. The summed E-state index contributed by atoms with van der Waals surface area (Å²) in [5.41, 5.74) is 2.69. The number of benzene rings is 1. The Hall–Kier alpha value is -1.75. The molecule has 4 saturated carbocycles.